The zero-order valence-electron chi connectivity index (χ0n) is 12.2. The van der Waals surface area contributed by atoms with E-state index in [1.165, 1.54) is 12.0 Å². The van der Waals surface area contributed by atoms with Crippen molar-refractivity contribution in [3.8, 4) is 11.5 Å². The smallest absolute Gasteiger partial charge is 0.303 e. The Morgan fingerprint density at radius 1 is 1.16 bits per heavy atom. The maximum atomic E-state index is 9.37. The Kier molecular flexibility index (Phi) is 9.31. The van der Waals surface area contributed by atoms with Crippen LogP contribution in [0.25, 0.3) is 0 Å². The Morgan fingerprint density at radius 3 is 1.95 bits per heavy atom. The van der Waals surface area contributed by atoms with Crippen molar-refractivity contribution in [2.45, 2.75) is 39.5 Å². The second kappa shape index (κ2) is 10.2. The number of methoxy groups -OCH3 is 2. The van der Waals surface area contributed by atoms with E-state index in [0.29, 0.717) is 0 Å². The minimum Gasteiger partial charge on any atom is -0.496 e. The number of benzene rings is 1. The molecule has 0 heterocycles. The van der Waals surface area contributed by atoms with Gasteiger partial charge in [0.15, 0.2) is 0 Å². The van der Waals surface area contributed by atoms with Gasteiger partial charge >= 0.3 is 5.97 Å². The SMILES string of the molecule is CCC(=O)O.CCCCc1c(OC)cccc1OC. The Morgan fingerprint density at radius 2 is 1.63 bits per heavy atom. The summed E-state index contributed by atoms with van der Waals surface area (Å²) in [6.45, 7) is 3.78. The average molecular weight is 268 g/mol. The van der Waals surface area contributed by atoms with E-state index in [2.05, 4.69) is 6.92 Å². The lowest BCUT2D eigenvalue weighted by Gasteiger charge is -2.12. The van der Waals surface area contributed by atoms with Crippen molar-refractivity contribution in [1.82, 2.24) is 0 Å². The van der Waals surface area contributed by atoms with Crippen LogP contribution in [-0.4, -0.2) is 25.3 Å². The maximum absolute atomic E-state index is 9.37. The molecule has 0 aliphatic heterocycles. The minimum atomic E-state index is -0.745. The van der Waals surface area contributed by atoms with E-state index in [0.717, 1.165) is 24.3 Å². The van der Waals surface area contributed by atoms with Crippen LogP contribution >= 0.6 is 0 Å². The standard InChI is InChI=1S/C12H18O2.C3H6O2/c1-4-5-7-10-11(13-2)8-6-9-12(10)14-3;1-2-3(4)5/h6,8-9H,4-5,7H2,1-3H3;2H2,1H3,(H,4,5). The summed E-state index contributed by atoms with van der Waals surface area (Å²) in [4.78, 5) is 9.37. The van der Waals surface area contributed by atoms with Crippen LogP contribution in [0.2, 0.25) is 0 Å². The first-order valence-corrected chi connectivity index (χ1v) is 6.52. The largest absolute Gasteiger partial charge is 0.496 e. The van der Waals surface area contributed by atoms with E-state index in [1.807, 2.05) is 18.2 Å². The van der Waals surface area contributed by atoms with Crippen LogP contribution in [0.4, 0.5) is 0 Å². The molecule has 0 unspecified atom stereocenters. The van der Waals surface area contributed by atoms with Gasteiger partial charge in [-0.3, -0.25) is 4.79 Å². The third-order valence-electron chi connectivity index (χ3n) is 2.61. The van der Waals surface area contributed by atoms with Crippen LogP contribution < -0.4 is 9.47 Å². The summed E-state index contributed by atoms with van der Waals surface area (Å²) in [5.74, 6) is 1.11. The molecule has 1 rings (SSSR count). The second-order valence-electron chi connectivity index (χ2n) is 3.99. The van der Waals surface area contributed by atoms with E-state index < -0.39 is 5.97 Å². The molecular weight excluding hydrogens is 244 g/mol. The van der Waals surface area contributed by atoms with E-state index in [1.54, 1.807) is 21.1 Å². The number of unbranched alkanes of at least 4 members (excludes halogenated alkanes) is 1. The second-order valence-corrected chi connectivity index (χ2v) is 3.99. The first-order valence-electron chi connectivity index (χ1n) is 6.52. The van der Waals surface area contributed by atoms with Crippen LogP contribution in [0, 0.1) is 0 Å². The van der Waals surface area contributed by atoms with Crippen molar-refractivity contribution in [3.63, 3.8) is 0 Å². The van der Waals surface area contributed by atoms with E-state index in [-0.39, 0.29) is 6.42 Å². The van der Waals surface area contributed by atoms with Crippen molar-refractivity contribution in [1.29, 1.82) is 0 Å². The van der Waals surface area contributed by atoms with Gasteiger partial charge in [0, 0.05) is 12.0 Å². The number of hydrogen-bond donors (Lipinski definition) is 1. The molecule has 0 aliphatic carbocycles. The minimum absolute atomic E-state index is 0.222. The molecule has 1 aromatic rings. The lowest BCUT2D eigenvalue weighted by Crippen LogP contribution is -1.96. The highest BCUT2D eigenvalue weighted by atomic mass is 16.5. The van der Waals surface area contributed by atoms with Crippen molar-refractivity contribution in [2.24, 2.45) is 0 Å². The van der Waals surface area contributed by atoms with E-state index in [4.69, 9.17) is 14.6 Å². The molecule has 0 radical (unpaired) electrons. The van der Waals surface area contributed by atoms with Crippen LogP contribution in [0.3, 0.4) is 0 Å². The van der Waals surface area contributed by atoms with Gasteiger partial charge in [0.25, 0.3) is 0 Å². The Hall–Kier alpha value is -1.71. The normalized spacial score (nSPS) is 9.26. The van der Waals surface area contributed by atoms with E-state index in [9.17, 15) is 4.79 Å². The highest BCUT2D eigenvalue weighted by Gasteiger charge is 2.08. The molecule has 1 aromatic carbocycles. The summed E-state index contributed by atoms with van der Waals surface area (Å²) < 4.78 is 10.6. The van der Waals surface area contributed by atoms with Crippen LogP contribution in [-0.2, 0) is 11.2 Å². The fourth-order valence-corrected chi connectivity index (χ4v) is 1.53. The molecule has 0 bridgehead atoms. The fourth-order valence-electron chi connectivity index (χ4n) is 1.53. The number of hydrogen-bond acceptors (Lipinski definition) is 3. The number of carboxylic acid groups (broad SMARTS) is 1. The summed E-state index contributed by atoms with van der Waals surface area (Å²) in [6.07, 6.45) is 3.58. The van der Waals surface area contributed by atoms with Gasteiger partial charge in [-0.1, -0.05) is 26.3 Å². The molecule has 0 saturated heterocycles. The van der Waals surface area contributed by atoms with Gasteiger partial charge in [-0.25, -0.2) is 0 Å². The van der Waals surface area contributed by atoms with Gasteiger partial charge in [0.1, 0.15) is 11.5 Å². The predicted octanol–water partition coefficient (Wildman–Crippen LogP) is 3.53. The maximum Gasteiger partial charge on any atom is 0.303 e. The third kappa shape index (κ3) is 6.70. The molecule has 0 aliphatic rings. The number of rotatable bonds is 6. The van der Waals surface area contributed by atoms with Crippen molar-refractivity contribution >= 4 is 5.97 Å². The zero-order chi connectivity index (χ0) is 14.7. The molecule has 19 heavy (non-hydrogen) atoms. The summed E-state index contributed by atoms with van der Waals surface area (Å²) >= 11 is 0. The van der Waals surface area contributed by atoms with Crippen LogP contribution in [0.1, 0.15) is 38.7 Å². The lowest BCUT2D eigenvalue weighted by atomic mass is 10.1. The fraction of sp³-hybridized carbons (Fsp3) is 0.533. The molecule has 4 heteroatoms. The number of carbonyl (C=O) groups is 1. The van der Waals surface area contributed by atoms with Gasteiger partial charge in [0.2, 0.25) is 0 Å². The highest BCUT2D eigenvalue weighted by Crippen LogP contribution is 2.29. The number of ether oxygens (including phenoxy) is 2. The van der Waals surface area contributed by atoms with Gasteiger partial charge < -0.3 is 14.6 Å². The highest BCUT2D eigenvalue weighted by molar-refractivity contribution is 5.66. The number of carboxylic acids is 1. The molecule has 1 N–H and O–H groups in total. The van der Waals surface area contributed by atoms with Crippen molar-refractivity contribution in [3.05, 3.63) is 23.8 Å². The Balaban J connectivity index is 0.000000555. The molecular formula is C15H24O4. The van der Waals surface area contributed by atoms with Crippen LogP contribution in [0.5, 0.6) is 11.5 Å². The van der Waals surface area contributed by atoms with Gasteiger partial charge in [-0.2, -0.15) is 0 Å². The topological polar surface area (TPSA) is 55.8 Å². The lowest BCUT2D eigenvalue weighted by molar-refractivity contribution is -0.136. The molecule has 0 fully saturated rings. The zero-order valence-corrected chi connectivity index (χ0v) is 12.2. The van der Waals surface area contributed by atoms with Crippen molar-refractivity contribution < 1.29 is 19.4 Å². The first-order chi connectivity index (χ1) is 9.10. The third-order valence-corrected chi connectivity index (χ3v) is 2.61. The average Bonchev–Trinajstić information content (AvgIpc) is 2.45. The van der Waals surface area contributed by atoms with Crippen molar-refractivity contribution in [2.75, 3.05) is 14.2 Å². The molecule has 0 aromatic heterocycles. The number of aliphatic carboxylic acids is 1. The molecule has 0 saturated carbocycles. The quantitative estimate of drug-likeness (QED) is 0.857. The predicted molar refractivity (Wildman–Crippen MR) is 76.1 cm³/mol. The summed E-state index contributed by atoms with van der Waals surface area (Å²) in [7, 11) is 3.40. The molecule has 0 atom stereocenters. The Bertz CT molecular complexity index is 352. The van der Waals surface area contributed by atoms with Gasteiger partial charge in [-0.15, -0.1) is 0 Å². The molecule has 4 nitrogen and oxygen atoms in total. The van der Waals surface area contributed by atoms with Gasteiger partial charge in [0.05, 0.1) is 14.2 Å². The van der Waals surface area contributed by atoms with Crippen LogP contribution in [0.15, 0.2) is 18.2 Å². The molecule has 108 valence electrons. The summed E-state index contributed by atoms with van der Waals surface area (Å²) in [6, 6.07) is 5.91. The summed E-state index contributed by atoms with van der Waals surface area (Å²) in [5, 5.41) is 7.72. The van der Waals surface area contributed by atoms with E-state index >= 15 is 0 Å². The summed E-state index contributed by atoms with van der Waals surface area (Å²) in [5.41, 5.74) is 1.18. The van der Waals surface area contributed by atoms with Gasteiger partial charge in [-0.05, 0) is 25.0 Å². The first kappa shape index (κ1) is 17.3. The molecule has 0 amide bonds. The monoisotopic (exact) mass is 268 g/mol. The molecule has 0 spiro atoms. The Labute approximate surface area is 115 Å².